The second-order valence-electron chi connectivity index (χ2n) is 9.51. The minimum absolute atomic E-state index is 0.00505. The van der Waals surface area contributed by atoms with Crippen LogP contribution in [0.4, 0.5) is 4.79 Å². The van der Waals surface area contributed by atoms with Crippen LogP contribution in [0.25, 0.3) is 0 Å². The second-order valence-corrected chi connectivity index (χ2v) is 9.95. The summed E-state index contributed by atoms with van der Waals surface area (Å²) in [5, 5.41) is 0.557. The normalized spacial score (nSPS) is 22.3. The van der Waals surface area contributed by atoms with E-state index in [4.69, 9.17) is 11.6 Å². The predicted molar refractivity (Wildman–Crippen MR) is 119 cm³/mol. The number of rotatable bonds is 1. The lowest BCUT2D eigenvalue weighted by Gasteiger charge is -2.44. The fourth-order valence-electron chi connectivity index (χ4n) is 5.64. The number of likely N-dealkylation sites (tertiary alicyclic amines) is 3. The van der Waals surface area contributed by atoms with E-state index in [0.717, 1.165) is 19.3 Å². The molecule has 0 atom stereocenters. The Morgan fingerprint density at radius 2 is 1.61 bits per heavy atom. The molecule has 0 saturated carbocycles. The van der Waals surface area contributed by atoms with Gasteiger partial charge in [-0.2, -0.15) is 0 Å². The van der Waals surface area contributed by atoms with Crippen molar-refractivity contribution in [3.05, 3.63) is 34.9 Å². The van der Waals surface area contributed by atoms with Gasteiger partial charge in [-0.25, -0.2) is 4.79 Å². The van der Waals surface area contributed by atoms with Crippen molar-refractivity contribution in [3.63, 3.8) is 0 Å². The first kappa shape index (κ1) is 21.9. The Bertz CT molecular complexity index is 887. The highest BCUT2D eigenvalue weighted by Gasteiger charge is 2.59. The van der Waals surface area contributed by atoms with Crippen LogP contribution >= 0.6 is 11.6 Å². The van der Waals surface area contributed by atoms with Gasteiger partial charge in [-0.15, -0.1) is 0 Å². The number of carbonyl (C=O) groups is 3. The van der Waals surface area contributed by atoms with E-state index in [-0.39, 0.29) is 28.8 Å². The monoisotopic (exact) mass is 446 g/mol. The summed E-state index contributed by atoms with van der Waals surface area (Å²) in [7, 11) is 5.44. The predicted octanol–water partition coefficient (Wildman–Crippen LogP) is 2.94. The first-order chi connectivity index (χ1) is 14.7. The zero-order chi connectivity index (χ0) is 22.4. The molecule has 1 aromatic rings. The fourth-order valence-corrected chi connectivity index (χ4v) is 5.83. The standard InChI is InChI=1S/C23H31ClN4O3/c1-25(2)21(31)28-11-7-22(8-12-28)16-23(26(3)20(22)30)9-13-27(14-10-23)19(29)17-5-4-6-18(24)15-17/h4-6,15H,7-14,16H2,1-3H3. The summed E-state index contributed by atoms with van der Waals surface area (Å²) >= 11 is 6.05. The van der Waals surface area contributed by atoms with Gasteiger partial charge in [0, 0.05) is 63.4 Å². The topological polar surface area (TPSA) is 64.2 Å². The number of amides is 4. The summed E-state index contributed by atoms with van der Waals surface area (Å²) in [6.45, 7) is 2.49. The summed E-state index contributed by atoms with van der Waals surface area (Å²) in [6, 6.07) is 7.07. The first-order valence-electron chi connectivity index (χ1n) is 11.0. The maximum atomic E-state index is 13.4. The molecule has 0 unspecified atom stereocenters. The molecule has 0 bridgehead atoms. The molecule has 0 radical (unpaired) electrons. The molecule has 3 aliphatic heterocycles. The summed E-state index contributed by atoms with van der Waals surface area (Å²) in [5.41, 5.74) is 0.0288. The number of piperidine rings is 2. The lowest BCUT2D eigenvalue weighted by Crippen LogP contribution is -2.52. The molecule has 8 heteroatoms. The van der Waals surface area contributed by atoms with Crippen LogP contribution in [-0.4, -0.2) is 90.3 Å². The van der Waals surface area contributed by atoms with Crippen molar-refractivity contribution >= 4 is 29.4 Å². The van der Waals surface area contributed by atoms with E-state index < -0.39 is 0 Å². The third kappa shape index (κ3) is 3.77. The quantitative estimate of drug-likeness (QED) is 0.666. The van der Waals surface area contributed by atoms with Crippen LogP contribution in [0.15, 0.2) is 24.3 Å². The number of nitrogens with zero attached hydrogens (tertiary/aromatic N) is 4. The SMILES string of the molecule is CN(C)C(=O)N1CCC2(CC1)CC1(CCN(C(=O)c3cccc(Cl)c3)CC1)N(C)C2=O. The lowest BCUT2D eigenvalue weighted by atomic mass is 9.71. The first-order valence-corrected chi connectivity index (χ1v) is 11.3. The summed E-state index contributed by atoms with van der Waals surface area (Å²) in [4.78, 5) is 45.8. The molecule has 3 saturated heterocycles. The number of hydrogen-bond donors (Lipinski definition) is 0. The molecule has 3 aliphatic rings. The summed E-state index contributed by atoms with van der Waals surface area (Å²) in [6.07, 6.45) is 3.80. The molecular formula is C23H31ClN4O3. The largest absolute Gasteiger partial charge is 0.339 e. The van der Waals surface area contributed by atoms with E-state index in [1.807, 2.05) is 21.7 Å². The molecule has 31 heavy (non-hydrogen) atoms. The van der Waals surface area contributed by atoms with Crippen molar-refractivity contribution in [2.24, 2.45) is 5.41 Å². The van der Waals surface area contributed by atoms with Crippen LogP contribution in [-0.2, 0) is 4.79 Å². The van der Waals surface area contributed by atoms with E-state index in [1.54, 1.807) is 43.3 Å². The van der Waals surface area contributed by atoms with Gasteiger partial charge in [-0.3, -0.25) is 9.59 Å². The van der Waals surface area contributed by atoms with Gasteiger partial charge in [0.2, 0.25) is 5.91 Å². The molecular weight excluding hydrogens is 416 g/mol. The molecule has 4 rings (SSSR count). The zero-order valence-electron chi connectivity index (χ0n) is 18.6. The van der Waals surface area contributed by atoms with Gasteiger partial charge >= 0.3 is 6.03 Å². The van der Waals surface area contributed by atoms with Crippen molar-refractivity contribution in [3.8, 4) is 0 Å². The van der Waals surface area contributed by atoms with Crippen LogP contribution in [0, 0.1) is 5.41 Å². The summed E-state index contributed by atoms with van der Waals surface area (Å²) in [5.74, 6) is 0.202. The van der Waals surface area contributed by atoms with Crippen molar-refractivity contribution in [2.45, 2.75) is 37.6 Å². The molecule has 2 spiro atoms. The molecule has 0 N–H and O–H groups in total. The van der Waals surface area contributed by atoms with Crippen molar-refractivity contribution in [1.29, 1.82) is 0 Å². The highest BCUT2D eigenvalue weighted by molar-refractivity contribution is 6.30. The molecule has 3 fully saturated rings. The van der Waals surface area contributed by atoms with Crippen LogP contribution < -0.4 is 0 Å². The van der Waals surface area contributed by atoms with E-state index in [9.17, 15) is 14.4 Å². The van der Waals surface area contributed by atoms with Gasteiger partial charge in [0.1, 0.15) is 0 Å². The summed E-state index contributed by atoms with van der Waals surface area (Å²) < 4.78 is 0. The van der Waals surface area contributed by atoms with Gasteiger partial charge in [0.05, 0.1) is 5.41 Å². The smallest absolute Gasteiger partial charge is 0.319 e. The van der Waals surface area contributed by atoms with Crippen molar-refractivity contribution in [2.75, 3.05) is 47.3 Å². The number of hydrogen-bond acceptors (Lipinski definition) is 3. The lowest BCUT2D eigenvalue weighted by molar-refractivity contribution is -0.139. The van der Waals surface area contributed by atoms with Crippen molar-refractivity contribution in [1.82, 2.24) is 19.6 Å². The van der Waals surface area contributed by atoms with Gasteiger partial charge < -0.3 is 19.6 Å². The second kappa shape index (κ2) is 8.01. The third-order valence-corrected chi connectivity index (χ3v) is 7.80. The maximum absolute atomic E-state index is 13.4. The molecule has 7 nitrogen and oxygen atoms in total. The van der Waals surface area contributed by atoms with Crippen LogP contribution in [0.5, 0.6) is 0 Å². The van der Waals surface area contributed by atoms with Gasteiger partial charge in [0.15, 0.2) is 0 Å². The molecule has 168 valence electrons. The molecule has 0 aliphatic carbocycles. The highest BCUT2D eigenvalue weighted by atomic mass is 35.5. The minimum Gasteiger partial charge on any atom is -0.339 e. The van der Waals surface area contributed by atoms with Crippen molar-refractivity contribution < 1.29 is 14.4 Å². The Balaban J connectivity index is 1.43. The molecule has 4 amide bonds. The number of benzene rings is 1. The van der Waals surface area contributed by atoms with Crippen LogP contribution in [0.1, 0.15) is 42.5 Å². The molecule has 1 aromatic carbocycles. The fraction of sp³-hybridized carbons (Fsp3) is 0.609. The number of halogens is 1. The van der Waals surface area contributed by atoms with E-state index in [2.05, 4.69) is 0 Å². The van der Waals surface area contributed by atoms with E-state index in [1.165, 1.54) is 0 Å². The average molecular weight is 447 g/mol. The minimum atomic E-state index is -0.378. The maximum Gasteiger partial charge on any atom is 0.319 e. The Hall–Kier alpha value is -2.28. The van der Waals surface area contributed by atoms with Gasteiger partial charge in [0.25, 0.3) is 5.91 Å². The van der Waals surface area contributed by atoms with E-state index in [0.29, 0.717) is 49.6 Å². The van der Waals surface area contributed by atoms with Crippen LogP contribution in [0.3, 0.4) is 0 Å². The Morgan fingerprint density at radius 1 is 1.00 bits per heavy atom. The van der Waals surface area contributed by atoms with E-state index >= 15 is 0 Å². The van der Waals surface area contributed by atoms with Gasteiger partial charge in [-0.05, 0) is 50.3 Å². The third-order valence-electron chi connectivity index (χ3n) is 7.56. The Kier molecular flexibility index (Phi) is 5.66. The van der Waals surface area contributed by atoms with Gasteiger partial charge in [-0.1, -0.05) is 17.7 Å². The Morgan fingerprint density at radius 3 is 2.19 bits per heavy atom. The highest BCUT2D eigenvalue weighted by Crippen LogP contribution is 2.52. The number of carbonyl (C=O) groups excluding carboxylic acids is 3. The average Bonchev–Trinajstić information content (AvgIpc) is 2.95. The Labute approximate surface area is 188 Å². The molecule has 0 aromatic heterocycles. The van der Waals surface area contributed by atoms with Crippen LogP contribution in [0.2, 0.25) is 5.02 Å². The molecule has 3 heterocycles. The zero-order valence-corrected chi connectivity index (χ0v) is 19.3. The number of urea groups is 1.